The van der Waals surface area contributed by atoms with E-state index in [1.54, 1.807) is 0 Å². The highest BCUT2D eigenvalue weighted by Gasteiger charge is 2.33. The smallest absolute Gasteiger partial charge is 0.313 e. The quantitative estimate of drug-likeness (QED) is 0.774. The Balaban J connectivity index is 2.32. The Morgan fingerprint density at radius 3 is 2.10 bits per heavy atom. The normalized spacial score (nSPS) is 19.5. The van der Waals surface area contributed by atoms with Crippen molar-refractivity contribution in [2.24, 2.45) is 0 Å². The van der Waals surface area contributed by atoms with Gasteiger partial charge in [0.25, 0.3) is 0 Å². The zero-order chi connectivity index (χ0) is 15.2. The van der Waals surface area contributed by atoms with Crippen molar-refractivity contribution >= 4 is 11.8 Å². The fourth-order valence-electron chi connectivity index (χ4n) is 2.74. The highest BCUT2D eigenvalue weighted by atomic mass is 32.2. The molecule has 0 atom stereocenters. The van der Waals surface area contributed by atoms with E-state index in [0.717, 1.165) is 32.2 Å². The molecule has 1 aliphatic rings. The van der Waals surface area contributed by atoms with Gasteiger partial charge in [-0.15, -0.1) is 0 Å². The van der Waals surface area contributed by atoms with Crippen LogP contribution in [0, 0.1) is 0 Å². The number of rotatable bonds is 7. The molecule has 0 bridgehead atoms. The molecule has 0 aromatic carbocycles. The van der Waals surface area contributed by atoms with Gasteiger partial charge >= 0.3 is 6.18 Å². The number of nitrogens with one attached hydrogen (secondary N) is 1. The molecule has 120 valence electrons. The van der Waals surface area contributed by atoms with E-state index in [1.165, 1.54) is 4.90 Å². The topological polar surface area (TPSA) is 15.3 Å². The van der Waals surface area contributed by atoms with Crippen LogP contribution in [0.4, 0.5) is 13.2 Å². The lowest BCUT2D eigenvalue weighted by Crippen LogP contribution is -2.48. The summed E-state index contributed by atoms with van der Waals surface area (Å²) in [7, 11) is 0. The zero-order valence-corrected chi connectivity index (χ0v) is 13.5. The van der Waals surface area contributed by atoms with Crippen molar-refractivity contribution in [3.05, 3.63) is 0 Å². The number of piperidine rings is 1. The van der Waals surface area contributed by atoms with E-state index in [0.29, 0.717) is 19.1 Å². The second-order valence-electron chi connectivity index (χ2n) is 5.64. The van der Waals surface area contributed by atoms with Gasteiger partial charge in [0.2, 0.25) is 0 Å². The Morgan fingerprint density at radius 1 is 1.15 bits per heavy atom. The van der Waals surface area contributed by atoms with Gasteiger partial charge in [-0.1, -0.05) is 13.8 Å². The predicted molar refractivity (Wildman–Crippen MR) is 80.3 cm³/mol. The molecule has 0 radical (unpaired) electrons. The molecular weight excluding hydrogens is 285 g/mol. The zero-order valence-electron chi connectivity index (χ0n) is 12.7. The van der Waals surface area contributed by atoms with Crippen LogP contribution in [0.25, 0.3) is 0 Å². The third-order valence-corrected chi connectivity index (χ3v) is 6.01. The summed E-state index contributed by atoms with van der Waals surface area (Å²) in [5.41, 5.74) is 0. The summed E-state index contributed by atoms with van der Waals surface area (Å²) >= 11 is 1.89. The maximum Gasteiger partial charge on any atom is 0.401 e. The van der Waals surface area contributed by atoms with Gasteiger partial charge in [0.05, 0.1) is 6.54 Å². The fraction of sp³-hybridized carbons (Fsp3) is 1.00. The number of nitrogens with zero attached hydrogens (tertiary/aromatic N) is 1. The van der Waals surface area contributed by atoms with Crippen molar-refractivity contribution in [1.29, 1.82) is 0 Å². The van der Waals surface area contributed by atoms with E-state index in [2.05, 4.69) is 25.4 Å². The first kappa shape index (κ1) is 18.1. The molecule has 0 aromatic heterocycles. The lowest BCUT2D eigenvalue weighted by Gasteiger charge is -2.36. The van der Waals surface area contributed by atoms with Gasteiger partial charge in [0.15, 0.2) is 0 Å². The Bertz CT molecular complexity index is 264. The molecule has 6 heteroatoms. The van der Waals surface area contributed by atoms with Crippen LogP contribution in [-0.4, -0.2) is 54.3 Å². The third kappa shape index (κ3) is 5.82. The van der Waals surface area contributed by atoms with Crippen LogP contribution in [0.15, 0.2) is 0 Å². The lowest BCUT2D eigenvalue weighted by atomic mass is 9.99. The molecule has 0 amide bonds. The molecule has 2 nitrogen and oxygen atoms in total. The van der Waals surface area contributed by atoms with Crippen molar-refractivity contribution in [2.45, 2.75) is 56.5 Å². The molecule has 1 heterocycles. The number of alkyl halides is 3. The second kappa shape index (κ2) is 7.90. The number of likely N-dealkylation sites (tertiary alicyclic amines) is 1. The second-order valence-corrected chi connectivity index (χ2v) is 6.92. The Labute approximate surface area is 124 Å². The lowest BCUT2D eigenvalue weighted by molar-refractivity contribution is -0.148. The summed E-state index contributed by atoms with van der Waals surface area (Å²) < 4.78 is 37.2. The summed E-state index contributed by atoms with van der Waals surface area (Å²) in [4.78, 5) is 1.51. The molecule has 0 aliphatic carbocycles. The van der Waals surface area contributed by atoms with Crippen molar-refractivity contribution < 1.29 is 13.2 Å². The summed E-state index contributed by atoms with van der Waals surface area (Å²) in [6.45, 7) is 5.67. The van der Waals surface area contributed by atoms with Gasteiger partial charge in [-0.25, -0.2) is 0 Å². The molecule has 1 saturated heterocycles. The fourth-order valence-corrected chi connectivity index (χ4v) is 3.54. The predicted octanol–water partition coefficient (Wildman–Crippen LogP) is 3.52. The van der Waals surface area contributed by atoms with Crippen molar-refractivity contribution in [3.8, 4) is 0 Å². The van der Waals surface area contributed by atoms with E-state index in [4.69, 9.17) is 0 Å². The van der Waals surface area contributed by atoms with E-state index in [-0.39, 0.29) is 4.75 Å². The van der Waals surface area contributed by atoms with Gasteiger partial charge in [0.1, 0.15) is 0 Å². The van der Waals surface area contributed by atoms with E-state index >= 15 is 0 Å². The average Bonchev–Trinajstić information content (AvgIpc) is 2.41. The van der Waals surface area contributed by atoms with Crippen LogP contribution in [0.1, 0.15) is 39.5 Å². The van der Waals surface area contributed by atoms with E-state index in [1.807, 2.05) is 11.8 Å². The van der Waals surface area contributed by atoms with Crippen molar-refractivity contribution in [1.82, 2.24) is 10.2 Å². The number of hydrogen-bond donors (Lipinski definition) is 1. The van der Waals surface area contributed by atoms with Crippen molar-refractivity contribution in [3.63, 3.8) is 0 Å². The first-order valence-electron chi connectivity index (χ1n) is 7.42. The molecule has 0 aromatic rings. The third-order valence-electron chi connectivity index (χ3n) is 4.43. The number of hydrogen-bond acceptors (Lipinski definition) is 3. The van der Waals surface area contributed by atoms with Crippen LogP contribution < -0.4 is 5.32 Å². The minimum atomic E-state index is -4.07. The molecule has 1 rings (SSSR count). The average molecular weight is 312 g/mol. The molecule has 1 fully saturated rings. The molecule has 1 aliphatic heterocycles. The molecular formula is C14H27F3N2S. The maximum absolute atomic E-state index is 12.3. The van der Waals surface area contributed by atoms with Crippen LogP contribution >= 0.6 is 11.8 Å². The highest BCUT2D eigenvalue weighted by molar-refractivity contribution is 8.00. The SMILES string of the molecule is CCC(CC)(CNC1CCN(CC(F)(F)F)CC1)SC. The van der Waals surface area contributed by atoms with Crippen LogP contribution in [0.2, 0.25) is 0 Å². The first-order valence-corrected chi connectivity index (χ1v) is 8.64. The molecule has 0 saturated carbocycles. The standard InChI is InChI=1S/C14H27F3N2S/c1-4-13(5-2,20-3)10-18-12-6-8-19(9-7-12)11-14(15,16)17/h12,18H,4-11H2,1-3H3. The van der Waals surface area contributed by atoms with Gasteiger partial charge < -0.3 is 5.32 Å². The van der Waals surface area contributed by atoms with Gasteiger partial charge in [-0.2, -0.15) is 24.9 Å². The van der Waals surface area contributed by atoms with Gasteiger partial charge in [-0.3, -0.25) is 4.90 Å². The van der Waals surface area contributed by atoms with Crippen LogP contribution in [-0.2, 0) is 0 Å². The Morgan fingerprint density at radius 2 is 1.70 bits per heavy atom. The van der Waals surface area contributed by atoms with Gasteiger partial charge in [0, 0.05) is 17.3 Å². The largest absolute Gasteiger partial charge is 0.401 e. The molecule has 20 heavy (non-hydrogen) atoms. The maximum atomic E-state index is 12.3. The first-order chi connectivity index (χ1) is 9.34. The number of thioether (sulfide) groups is 1. The highest BCUT2D eigenvalue weighted by Crippen LogP contribution is 2.30. The Kier molecular flexibility index (Phi) is 7.15. The van der Waals surface area contributed by atoms with E-state index < -0.39 is 12.7 Å². The summed E-state index contributed by atoms with van der Waals surface area (Å²) in [5.74, 6) is 0. The summed E-state index contributed by atoms with van der Waals surface area (Å²) in [6.07, 6.45) is 1.93. The van der Waals surface area contributed by atoms with Crippen molar-refractivity contribution in [2.75, 3.05) is 32.4 Å². The minimum Gasteiger partial charge on any atom is -0.313 e. The monoisotopic (exact) mass is 312 g/mol. The molecule has 0 unspecified atom stereocenters. The van der Waals surface area contributed by atoms with Gasteiger partial charge in [-0.05, 0) is 45.0 Å². The van der Waals surface area contributed by atoms with Crippen LogP contribution in [0.3, 0.4) is 0 Å². The molecule has 1 N–H and O–H groups in total. The number of halogens is 3. The van der Waals surface area contributed by atoms with Crippen LogP contribution in [0.5, 0.6) is 0 Å². The summed E-state index contributed by atoms with van der Waals surface area (Å²) in [5, 5.41) is 3.57. The Hall–Kier alpha value is 0.0600. The van der Waals surface area contributed by atoms with E-state index in [9.17, 15) is 13.2 Å². The minimum absolute atomic E-state index is 0.267. The summed E-state index contributed by atoms with van der Waals surface area (Å²) in [6, 6.07) is 0.365. The molecule has 0 spiro atoms.